The van der Waals surface area contributed by atoms with Gasteiger partial charge in [-0.3, -0.25) is 4.68 Å². The number of pyridine rings is 1. The fourth-order valence-electron chi connectivity index (χ4n) is 1.75. The zero-order valence-corrected chi connectivity index (χ0v) is 12.6. The Kier molecular flexibility index (Phi) is 4.93. The first-order valence-electron chi connectivity index (χ1n) is 5.63. The van der Waals surface area contributed by atoms with Gasteiger partial charge in [-0.2, -0.15) is 5.10 Å². The summed E-state index contributed by atoms with van der Waals surface area (Å²) in [6.45, 7) is 1.08. The molecule has 1 N–H and O–H groups in total. The molecule has 1 unspecified atom stereocenters. The molecular formula is C12H13BrClN3O2. The quantitative estimate of drug-likeness (QED) is 0.845. The van der Waals surface area contributed by atoms with Gasteiger partial charge in [-0.1, -0.05) is 11.6 Å². The topological polar surface area (TPSA) is 60.2 Å². The largest absolute Gasteiger partial charge is 0.383 e. The Morgan fingerprint density at radius 1 is 1.58 bits per heavy atom. The van der Waals surface area contributed by atoms with Crippen molar-refractivity contribution < 1.29 is 9.84 Å². The number of aliphatic hydroxyl groups is 1. The highest BCUT2D eigenvalue weighted by Gasteiger charge is 2.19. The lowest BCUT2D eigenvalue weighted by Gasteiger charge is -2.14. The molecule has 5 nitrogen and oxygen atoms in total. The molecule has 0 radical (unpaired) electrons. The summed E-state index contributed by atoms with van der Waals surface area (Å²) in [5, 5.41) is 15.0. The van der Waals surface area contributed by atoms with E-state index in [9.17, 15) is 5.11 Å². The Hall–Kier alpha value is -0.950. The number of methoxy groups -OCH3 is 1. The summed E-state index contributed by atoms with van der Waals surface area (Å²) in [5.41, 5.74) is 1.33. The van der Waals surface area contributed by atoms with Gasteiger partial charge < -0.3 is 9.84 Å². The van der Waals surface area contributed by atoms with Crippen LogP contribution in [0.2, 0.25) is 5.15 Å². The maximum absolute atomic E-state index is 10.4. The van der Waals surface area contributed by atoms with Crippen molar-refractivity contribution in [2.45, 2.75) is 12.6 Å². The second kappa shape index (κ2) is 6.47. The van der Waals surface area contributed by atoms with E-state index in [4.69, 9.17) is 16.3 Å². The lowest BCUT2D eigenvalue weighted by Crippen LogP contribution is -2.13. The molecule has 0 aliphatic heterocycles. The normalized spacial score (nSPS) is 12.6. The van der Waals surface area contributed by atoms with Gasteiger partial charge in [0, 0.05) is 13.3 Å². The van der Waals surface area contributed by atoms with Crippen LogP contribution in [0.5, 0.6) is 0 Å². The van der Waals surface area contributed by atoms with Gasteiger partial charge in [-0.15, -0.1) is 0 Å². The summed E-state index contributed by atoms with van der Waals surface area (Å²) in [4.78, 5) is 3.90. The van der Waals surface area contributed by atoms with E-state index in [1.54, 1.807) is 36.3 Å². The van der Waals surface area contributed by atoms with Crippen molar-refractivity contribution in [3.8, 4) is 0 Å². The van der Waals surface area contributed by atoms with Crippen LogP contribution < -0.4 is 0 Å². The van der Waals surface area contributed by atoms with E-state index in [1.807, 2.05) is 0 Å². The van der Waals surface area contributed by atoms with Gasteiger partial charge in [0.15, 0.2) is 0 Å². The van der Waals surface area contributed by atoms with E-state index >= 15 is 0 Å². The van der Waals surface area contributed by atoms with Crippen molar-refractivity contribution in [3.05, 3.63) is 45.4 Å². The minimum atomic E-state index is -0.825. The van der Waals surface area contributed by atoms with E-state index in [0.717, 1.165) is 4.47 Å². The molecule has 0 aromatic carbocycles. The summed E-state index contributed by atoms with van der Waals surface area (Å²) < 4.78 is 7.47. The predicted octanol–water partition coefficient (Wildman–Crippen LogP) is 2.42. The predicted molar refractivity (Wildman–Crippen MR) is 75.1 cm³/mol. The van der Waals surface area contributed by atoms with Crippen LogP contribution in [0.25, 0.3) is 0 Å². The van der Waals surface area contributed by atoms with Crippen LogP contribution in [0.4, 0.5) is 0 Å². The first-order chi connectivity index (χ1) is 9.13. The minimum Gasteiger partial charge on any atom is -0.383 e. The molecule has 0 aliphatic carbocycles. The number of halogens is 2. The summed E-state index contributed by atoms with van der Waals surface area (Å²) in [7, 11) is 1.62. The van der Waals surface area contributed by atoms with E-state index in [1.165, 1.54) is 0 Å². The van der Waals surface area contributed by atoms with Crippen molar-refractivity contribution in [1.82, 2.24) is 14.8 Å². The standard InChI is InChI=1S/C12H13BrClN3O2/c1-19-5-4-17-11(9(13)7-16-17)12(18)8-2-3-15-10(14)6-8/h2-3,6-7,12,18H,4-5H2,1H3. The minimum absolute atomic E-state index is 0.343. The molecule has 0 spiro atoms. The maximum atomic E-state index is 10.4. The van der Waals surface area contributed by atoms with Gasteiger partial charge in [-0.25, -0.2) is 4.98 Å². The van der Waals surface area contributed by atoms with Crippen molar-refractivity contribution in [1.29, 1.82) is 0 Å². The first kappa shape index (κ1) is 14.5. The molecule has 0 amide bonds. The Bertz CT molecular complexity index is 562. The van der Waals surface area contributed by atoms with Crippen molar-refractivity contribution >= 4 is 27.5 Å². The zero-order chi connectivity index (χ0) is 13.8. The molecule has 2 aromatic rings. The molecule has 1 atom stereocenters. The van der Waals surface area contributed by atoms with E-state index in [0.29, 0.717) is 29.6 Å². The van der Waals surface area contributed by atoms with Crippen LogP contribution in [0.3, 0.4) is 0 Å². The van der Waals surface area contributed by atoms with Crippen LogP contribution in [-0.4, -0.2) is 33.6 Å². The number of ether oxygens (including phenoxy) is 1. The molecule has 0 saturated heterocycles. The number of aromatic nitrogens is 3. The summed E-state index contributed by atoms with van der Waals surface area (Å²) in [5.74, 6) is 0. The fourth-order valence-corrected chi connectivity index (χ4v) is 2.44. The van der Waals surface area contributed by atoms with Crippen LogP contribution in [-0.2, 0) is 11.3 Å². The van der Waals surface area contributed by atoms with Crippen molar-refractivity contribution in [3.63, 3.8) is 0 Å². The van der Waals surface area contributed by atoms with Gasteiger partial charge in [0.25, 0.3) is 0 Å². The highest BCUT2D eigenvalue weighted by Crippen LogP contribution is 2.29. The number of nitrogens with zero attached hydrogens (tertiary/aromatic N) is 3. The van der Waals surface area contributed by atoms with Crippen molar-refractivity contribution in [2.24, 2.45) is 0 Å². The molecule has 2 heterocycles. The molecule has 102 valence electrons. The van der Waals surface area contributed by atoms with Crippen LogP contribution in [0, 0.1) is 0 Å². The average Bonchev–Trinajstić information content (AvgIpc) is 2.76. The smallest absolute Gasteiger partial charge is 0.129 e. The monoisotopic (exact) mass is 345 g/mol. The molecule has 0 aliphatic rings. The van der Waals surface area contributed by atoms with Crippen LogP contribution in [0.1, 0.15) is 17.4 Å². The Balaban J connectivity index is 2.32. The molecule has 2 rings (SSSR count). The molecule has 7 heteroatoms. The number of aliphatic hydroxyl groups excluding tert-OH is 1. The second-order valence-corrected chi connectivity index (χ2v) is 5.15. The van der Waals surface area contributed by atoms with Crippen LogP contribution >= 0.6 is 27.5 Å². The third-order valence-corrected chi connectivity index (χ3v) is 3.48. The lowest BCUT2D eigenvalue weighted by molar-refractivity contribution is 0.171. The van der Waals surface area contributed by atoms with Gasteiger partial charge in [0.05, 0.1) is 29.5 Å². The molecular weight excluding hydrogens is 334 g/mol. The maximum Gasteiger partial charge on any atom is 0.129 e. The SMILES string of the molecule is COCCn1ncc(Br)c1C(O)c1ccnc(Cl)c1. The van der Waals surface area contributed by atoms with Crippen molar-refractivity contribution in [2.75, 3.05) is 13.7 Å². The first-order valence-corrected chi connectivity index (χ1v) is 6.80. The molecule has 19 heavy (non-hydrogen) atoms. The van der Waals surface area contributed by atoms with Gasteiger partial charge in [-0.05, 0) is 33.6 Å². The molecule has 0 fully saturated rings. The van der Waals surface area contributed by atoms with E-state index in [2.05, 4.69) is 26.0 Å². The Labute approximate surface area is 124 Å². The number of hydrogen-bond donors (Lipinski definition) is 1. The average molecular weight is 347 g/mol. The Morgan fingerprint density at radius 3 is 3.05 bits per heavy atom. The highest BCUT2D eigenvalue weighted by molar-refractivity contribution is 9.10. The van der Waals surface area contributed by atoms with Gasteiger partial charge in [0.1, 0.15) is 11.3 Å². The number of rotatable bonds is 5. The third kappa shape index (κ3) is 3.33. The molecule has 2 aromatic heterocycles. The second-order valence-electron chi connectivity index (χ2n) is 3.91. The highest BCUT2D eigenvalue weighted by atomic mass is 79.9. The third-order valence-electron chi connectivity index (χ3n) is 2.67. The zero-order valence-electron chi connectivity index (χ0n) is 10.3. The molecule has 0 saturated carbocycles. The van der Waals surface area contributed by atoms with Gasteiger partial charge >= 0.3 is 0 Å². The van der Waals surface area contributed by atoms with Gasteiger partial charge in [0.2, 0.25) is 0 Å². The van der Waals surface area contributed by atoms with Crippen LogP contribution in [0.15, 0.2) is 29.0 Å². The summed E-state index contributed by atoms with van der Waals surface area (Å²) in [6.07, 6.45) is 2.39. The lowest BCUT2D eigenvalue weighted by atomic mass is 10.1. The summed E-state index contributed by atoms with van der Waals surface area (Å²) in [6, 6.07) is 3.35. The van der Waals surface area contributed by atoms with E-state index in [-0.39, 0.29) is 0 Å². The Morgan fingerprint density at radius 2 is 2.37 bits per heavy atom. The van der Waals surface area contributed by atoms with E-state index < -0.39 is 6.10 Å². The summed E-state index contributed by atoms with van der Waals surface area (Å²) >= 11 is 9.23. The molecule has 0 bridgehead atoms. The number of hydrogen-bond acceptors (Lipinski definition) is 4. The fraction of sp³-hybridized carbons (Fsp3) is 0.333.